The summed E-state index contributed by atoms with van der Waals surface area (Å²) in [7, 11) is 0. The zero-order valence-corrected chi connectivity index (χ0v) is 6.05. The van der Waals surface area contributed by atoms with Crippen LogP contribution in [-0.2, 0) is 4.79 Å². The van der Waals surface area contributed by atoms with Crippen molar-refractivity contribution in [2.24, 2.45) is 11.8 Å². The highest BCUT2D eigenvalue weighted by Crippen LogP contribution is 2.44. The van der Waals surface area contributed by atoms with Gasteiger partial charge in [0.15, 0.2) is 0 Å². The minimum Gasteiger partial charge on any atom is -0.303 e. The molecule has 0 aromatic carbocycles. The second kappa shape index (κ2) is 2.22. The first-order valence-electron chi connectivity index (χ1n) is 4.04. The molecule has 0 spiro atoms. The minimum atomic E-state index is 0.696. The van der Waals surface area contributed by atoms with Crippen LogP contribution >= 0.6 is 0 Å². The third-order valence-electron chi connectivity index (χ3n) is 2.77. The van der Waals surface area contributed by atoms with E-state index in [0.717, 1.165) is 18.1 Å². The molecule has 1 fully saturated rings. The first kappa shape index (κ1) is 6.14. The normalized spacial score (nSPS) is 36.2. The van der Waals surface area contributed by atoms with Gasteiger partial charge in [-0.1, -0.05) is 11.6 Å². The van der Waals surface area contributed by atoms with E-state index in [1.54, 1.807) is 0 Å². The molecule has 0 saturated heterocycles. The number of carbonyl (C=O) groups excluding carboxylic acids is 1. The van der Waals surface area contributed by atoms with Crippen LogP contribution in [0.4, 0.5) is 0 Å². The standard InChI is InChI=1S/C9H12O/c10-4-3-9-6-7-1-2-8(9)5-7/h4,6-8H,1-3,5H2. The molecule has 0 amide bonds. The quantitative estimate of drug-likeness (QED) is 0.418. The lowest BCUT2D eigenvalue weighted by molar-refractivity contribution is -0.107. The summed E-state index contributed by atoms with van der Waals surface area (Å²) in [5, 5.41) is 0. The van der Waals surface area contributed by atoms with Gasteiger partial charge >= 0.3 is 0 Å². The van der Waals surface area contributed by atoms with Gasteiger partial charge in [-0.05, 0) is 31.1 Å². The Morgan fingerprint density at radius 3 is 3.00 bits per heavy atom. The Morgan fingerprint density at radius 2 is 2.50 bits per heavy atom. The van der Waals surface area contributed by atoms with Crippen LogP contribution in [0.3, 0.4) is 0 Å². The molecule has 1 heteroatoms. The Morgan fingerprint density at radius 1 is 1.60 bits per heavy atom. The molecule has 2 aliphatic carbocycles. The Kier molecular flexibility index (Phi) is 1.37. The summed E-state index contributed by atoms with van der Waals surface area (Å²) in [5.41, 5.74) is 1.42. The lowest BCUT2D eigenvalue weighted by Gasteiger charge is -2.08. The molecule has 2 aliphatic rings. The van der Waals surface area contributed by atoms with E-state index in [1.165, 1.54) is 24.8 Å². The zero-order chi connectivity index (χ0) is 6.97. The van der Waals surface area contributed by atoms with Crippen molar-refractivity contribution in [1.82, 2.24) is 0 Å². The average molecular weight is 136 g/mol. The number of allylic oxidation sites excluding steroid dienone is 2. The maximum atomic E-state index is 10.2. The molecule has 0 heterocycles. The number of aldehydes is 1. The largest absolute Gasteiger partial charge is 0.303 e. The van der Waals surface area contributed by atoms with Crippen LogP contribution in [0.5, 0.6) is 0 Å². The lowest BCUT2D eigenvalue weighted by atomic mass is 9.97. The molecule has 0 N–H and O–H groups in total. The monoisotopic (exact) mass is 136 g/mol. The Labute approximate surface area is 61.1 Å². The third-order valence-corrected chi connectivity index (χ3v) is 2.77. The van der Waals surface area contributed by atoms with Crippen molar-refractivity contribution in [1.29, 1.82) is 0 Å². The number of hydrogen-bond acceptors (Lipinski definition) is 1. The predicted molar refractivity (Wildman–Crippen MR) is 39.6 cm³/mol. The molecule has 0 aromatic rings. The highest BCUT2D eigenvalue weighted by Gasteiger charge is 2.31. The molecule has 54 valence electrons. The lowest BCUT2D eigenvalue weighted by Crippen LogP contribution is -1.97. The molecule has 2 rings (SSSR count). The summed E-state index contributed by atoms with van der Waals surface area (Å²) in [5.74, 6) is 1.62. The molecule has 0 radical (unpaired) electrons. The second-order valence-corrected chi connectivity index (χ2v) is 3.38. The summed E-state index contributed by atoms with van der Waals surface area (Å²) >= 11 is 0. The van der Waals surface area contributed by atoms with Gasteiger partial charge in [0.25, 0.3) is 0 Å². The minimum absolute atomic E-state index is 0.696. The average Bonchev–Trinajstić information content (AvgIpc) is 2.48. The van der Waals surface area contributed by atoms with E-state index in [9.17, 15) is 4.79 Å². The maximum absolute atomic E-state index is 10.2. The molecule has 2 unspecified atom stereocenters. The van der Waals surface area contributed by atoms with Crippen molar-refractivity contribution < 1.29 is 4.79 Å². The van der Waals surface area contributed by atoms with Crippen molar-refractivity contribution in [3.63, 3.8) is 0 Å². The van der Waals surface area contributed by atoms with E-state index in [1.807, 2.05) is 0 Å². The third kappa shape index (κ3) is 0.808. The maximum Gasteiger partial charge on any atom is 0.124 e. The van der Waals surface area contributed by atoms with Gasteiger partial charge in [-0.2, -0.15) is 0 Å². The smallest absolute Gasteiger partial charge is 0.124 e. The van der Waals surface area contributed by atoms with Crippen LogP contribution in [0.2, 0.25) is 0 Å². The molecule has 10 heavy (non-hydrogen) atoms. The van der Waals surface area contributed by atoms with Gasteiger partial charge in [-0.25, -0.2) is 0 Å². The molecular formula is C9H12O. The first-order chi connectivity index (χ1) is 4.90. The van der Waals surface area contributed by atoms with Crippen LogP contribution < -0.4 is 0 Å². The zero-order valence-electron chi connectivity index (χ0n) is 6.05. The highest BCUT2D eigenvalue weighted by molar-refractivity contribution is 5.55. The van der Waals surface area contributed by atoms with Crippen LogP contribution in [0.1, 0.15) is 25.7 Å². The van der Waals surface area contributed by atoms with Crippen LogP contribution in [0, 0.1) is 11.8 Å². The van der Waals surface area contributed by atoms with Gasteiger partial charge in [-0.3, -0.25) is 0 Å². The number of carbonyl (C=O) groups is 1. The fourth-order valence-corrected chi connectivity index (χ4v) is 2.27. The fourth-order valence-electron chi connectivity index (χ4n) is 2.27. The van der Waals surface area contributed by atoms with Gasteiger partial charge in [0.05, 0.1) is 0 Å². The number of hydrogen-bond donors (Lipinski definition) is 0. The molecule has 1 nitrogen and oxygen atoms in total. The van der Waals surface area contributed by atoms with E-state index in [4.69, 9.17) is 0 Å². The molecule has 0 aliphatic heterocycles. The van der Waals surface area contributed by atoms with Gasteiger partial charge in [0.1, 0.15) is 6.29 Å². The van der Waals surface area contributed by atoms with E-state index < -0.39 is 0 Å². The topological polar surface area (TPSA) is 17.1 Å². The molecule has 0 aromatic heterocycles. The van der Waals surface area contributed by atoms with Crippen LogP contribution in [0.25, 0.3) is 0 Å². The molecule has 1 saturated carbocycles. The summed E-state index contributed by atoms with van der Waals surface area (Å²) in [6.07, 6.45) is 8.09. The summed E-state index contributed by atoms with van der Waals surface area (Å²) in [6.45, 7) is 0. The van der Waals surface area contributed by atoms with E-state index in [2.05, 4.69) is 6.08 Å². The molecule has 2 bridgehead atoms. The van der Waals surface area contributed by atoms with Crippen molar-refractivity contribution in [3.05, 3.63) is 11.6 Å². The van der Waals surface area contributed by atoms with Gasteiger partial charge in [0.2, 0.25) is 0 Å². The van der Waals surface area contributed by atoms with Gasteiger partial charge < -0.3 is 4.79 Å². The van der Waals surface area contributed by atoms with Crippen molar-refractivity contribution in [2.45, 2.75) is 25.7 Å². The summed E-state index contributed by atoms with van der Waals surface area (Å²) in [4.78, 5) is 10.2. The Bertz CT molecular complexity index is 181. The molecular weight excluding hydrogens is 124 g/mol. The summed E-state index contributed by atoms with van der Waals surface area (Å²) in [6, 6.07) is 0. The summed E-state index contributed by atoms with van der Waals surface area (Å²) < 4.78 is 0. The first-order valence-corrected chi connectivity index (χ1v) is 4.04. The van der Waals surface area contributed by atoms with E-state index >= 15 is 0 Å². The number of fused-ring (bicyclic) bond motifs is 2. The van der Waals surface area contributed by atoms with Crippen molar-refractivity contribution in [2.75, 3.05) is 0 Å². The van der Waals surface area contributed by atoms with Crippen molar-refractivity contribution in [3.8, 4) is 0 Å². The number of rotatable bonds is 2. The van der Waals surface area contributed by atoms with E-state index in [-0.39, 0.29) is 0 Å². The second-order valence-electron chi connectivity index (χ2n) is 3.38. The molecule has 2 atom stereocenters. The van der Waals surface area contributed by atoms with Gasteiger partial charge in [0, 0.05) is 6.42 Å². The fraction of sp³-hybridized carbons (Fsp3) is 0.667. The van der Waals surface area contributed by atoms with Crippen LogP contribution in [0.15, 0.2) is 11.6 Å². The Balaban J connectivity index is 2.10. The Hall–Kier alpha value is -0.590. The van der Waals surface area contributed by atoms with Crippen LogP contribution in [-0.4, -0.2) is 6.29 Å². The predicted octanol–water partition coefficient (Wildman–Crippen LogP) is 1.93. The highest BCUT2D eigenvalue weighted by atomic mass is 16.1. The SMILES string of the molecule is O=CCC1=CC2CCC1C2. The van der Waals surface area contributed by atoms with E-state index in [0.29, 0.717) is 6.42 Å². The van der Waals surface area contributed by atoms with Gasteiger partial charge in [-0.15, -0.1) is 0 Å². The van der Waals surface area contributed by atoms with Crippen molar-refractivity contribution >= 4 is 6.29 Å².